The predicted molar refractivity (Wildman–Crippen MR) is 77.6 cm³/mol. The summed E-state index contributed by atoms with van der Waals surface area (Å²) >= 11 is 0. The van der Waals surface area contributed by atoms with Gasteiger partial charge in [0.05, 0.1) is 0 Å². The molecule has 1 fully saturated rings. The van der Waals surface area contributed by atoms with Crippen LogP contribution in [0.4, 0.5) is 8.78 Å². The average molecular weight is 282 g/mol. The first kappa shape index (κ1) is 15.4. The second kappa shape index (κ2) is 7.14. The van der Waals surface area contributed by atoms with E-state index in [2.05, 4.69) is 24.1 Å². The smallest absolute Gasteiger partial charge is 0.130 e. The summed E-state index contributed by atoms with van der Waals surface area (Å²) < 4.78 is 28.2. The molecule has 0 amide bonds. The molecule has 0 bridgehead atoms. The fraction of sp³-hybridized carbons (Fsp3) is 0.625. The molecule has 0 spiro atoms. The van der Waals surface area contributed by atoms with Crippen molar-refractivity contribution in [3.8, 4) is 0 Å². The van der Waals surface area contributed by atoms with Gasteiger partial charge in [0.1, 0.15) is 11.6 Å². The van der Waals surface area contributed by atoms with Gasteiger partial charge < -0.3 is 5.32 Å². The third kappa shape index (κ3) is 3.76. The first-order chi connectivity index (χ1) is 9.59. The zero-order valence-corrected chi connectivity index (χ0v) is 12.3. The molecule has 1 aliphatic rings. The molecule has 1 saturated heterocycles. The number of benzene rings is 1. The Balaban J connectivity index is 2.24. The molecule has 0 aromatic heterocycles. The Morgan fingerprint density at radius 3 is 2.25 bits per heavy atom. The third-order valence-electron chi connectivity index (χ3n) is 3.94. The highest BCUT2D eigenvalue weighted by Gasteiger charge is 2.27. The highest BCUT2D eigenvalue weighted by atomic mass is 19.1. The van der Waals surface area contributed by atoms with Crippen molar-refractivity contribution in [1.29, 1.82) is 0 Å². The van der Waals surface area contributed by atoms with Crippen molar-refractivity contribution in [2.24, 2.45) is 5.92 Å². The van der Waals surface area contributed by atoms with Gasteiger partial charge in [0.15, 0.2) is 0 Å². The second-order valence-corrected chi connectivity index (χ2v) is 5.91. The minimum atomic E-state index is -0.419. The van der Waals surface area contributed by atoms with Gasteiger partial charge in [0.25, 0.3) is 0 Å². The summed E-state index contributed by atoms with van der Waals surface area (Å²) in [5, 5.41) is 3.29. The Kier molecular flexibility index (Phi) is 5.49. The highest BCUT2D eigenvalue weighted by molar-refractivity contribution is 5.23. The lowest BCUT2D eigenvalue weighted by Crippen LogP contribution is -2.45. The van der Waals surface area contributed by atoms with Gasteiger partial charge in [-0.25, -0.2) is 8.78 Å². The van der Waals surface area contributed by atoms with E-state index in [1.54, 1.807) is 0 Å². The molecule has 0 aliphatic carbocycles. The van der Waals surface area contributed by atoms with E-state index in [9.17, 15) is 8.78 Å². The Morgan fingerprint density at radius 1 is 1.10 bits per heavy atom. The fourth-order valence-electron chi connectivity index (χ4n) is 2.82. The summed E-state index contributed by atoms with van der Waals surface area (Å²) in [6.07, 6.45) is 1.78. The monoisotopic (exact) mass is 282 g/mol. The van der Waals surface area contributed by atoms with Crippen LogP contribution in [0.1, 0.15) is 38.3 Å². The Hall–Kier alpha value is -1.00. The molecule has 1 N–H and O–H groups in total. The maximum Gasteiger partial charge on any atom is 0.130 e. The Morgan fingerprint density at radius 2 is 1.70 bits per heavy atom. The van der Waals surface area contributed by atoms with Crippen LogP contribution in [0.5, 0.6) is 0 Å². The van der Waals surface area contributed by atoms with E-state index in [-0.39, 0.29) is 11.6 Å². The number of rotatable bonds is 5. The van der Waals surface area contributed by atoms with Crippen LogP contribution in [0.3, 0.4) is 0 Å². The minimum Gasteiger partial charge on any atom is -0.314 e. The van der Waals surface area contributed by atoms with Crippen LogP contribution in [0.2, 0.25) is 0 Å². The molecule has 1 aromatic rings. The zero-order chi connectivity index (χ0) is 14.5. The quantitative estimate of drug-likeness (QED) is 0.891. The van der Waals surface area contributed by atoms with Crippen LogP contribution in [0.15, 0.2) is 18.2 Å². The summed E-state index contributed by atoms with van der Waals surface area (Å²) in [7, 11) is 0. The molecule has 0 radical (unpaired) electrons. The average Bonchev–Trinajstić information content (AvgIpc) is 2.42. The van der Waals surface area contributed by atoms with E-state index >= 15 is 0 Å². The summed E-state index contributed by atoms with van der Waals surface area (Å²) in [6.45, 7) is 7.74. The van der Waals surface area contributed by atoms with Crippen molar-refractivity contribution in [1.82, 2.24) is 10.2 Å². The Labute approximate surface area is 120 Å². The van der Waals surface area contributed by atoms with Crippen LogP contribution in [0, 0.1) is 17.6 Å². The van der Waals surface area contributed by atoms with E-state index in [0.717, 1.165) is 39.0 Å². The van der Waals surface area contributed by atoms with E-state index in [1.165, 1.54) is 18.2 Å². The first-order valence-electron chi connectivity index (χ1n) is 7.48. The number of piperazine rings is 1. The number of nitrogens with zero attached hydrogens (tertiary/aromatic N) is 1. The molecule has 20 heavy (non-hydrogen) atoms. The fourth-order valence-corrected chi connectivity index (χ4v) is 2.82. The van der Waals surface area contributed by atoms with Crippen molar-refractivity contribution in [2.45, 2.75) is 32.7 Å². The molecule has 2 rings (SSSR count). The van der Waals surface area contributed by atoms with E-state index < -0.39 is 11.6 Å². The van der Waals surface area contributed by atoms with Gasteiger partial charge >= 0.3 is 0 Å². The van der Waals surface area contributed by atoms with E-state index in [0.29, 0.717) is 5.92 Å². The molecular formula is C16H24F2N2. The van der Waals surface area contributed by atoms with Crippen LogP contribution in [-0.2, 0) is 0 Å². The third-order valence-corrected chi connectivity index (χ3v) is 3.94. The van der Waals surface area contributed by atoms with Crippen molar-refractivity contribution in [2.75, 3.05) is 26.2 Å². The lowest BCUT2D eigenvalue weighted by atomic mass is 9.95. The van der Waals surface area contributed by atoms with Gasteiger partial charge in [-0.1, -0.05) is 19.9 Å². The van der Waals surface area contributed by atoms with E-state index in [1.807, 2.05) is 0 Å². The normalized spacial score (nSPS) is 18.4. The number of hydrogen-bond donors (Lipinski definition) is 1. The molecule has 1 aromatic carbocycles. The molecule has 112 valence electrons. The SMILES string of the molecule is CC(C)CC[C@H](c1c(F)cccc1F)N1CCNCC1. The van der Waals surface area contributed by atoms with Gasteiger partial charge in [0, 0.05) is 37.8 Å². The van der Waals surface area contributed by atoms with Gasteiger partial charge in [-0.3, -0.25) is 4.90 Å². The molecule has 0 unspecified atom stereocenters. The molecule has 1 heterocycles. The summed E-state index contributed by atoms with van der Waals surface area (Å²) in [5.74, 6) is -0.301. The maximum absolute atomic E-state index is 14.1. The minimum absolute atomic E-state index is 0.152. The number of halogens is 2. The largest absolute Gasteiger partial charge is 0.314 e. The van der Waals surface area contributed by atoms with Crippen molar-refractivity contribution < 1.29 is 8.78 Å². The maximum atomic E-state index is 14.1. The van der Waals surface area contributed by atoms with Gasteiger partial charge in [-0.15, -0.1) is 0 Å². The molecule has 1 atom stereocenters. The van der Waals surface area contributed by atoms with Gasteiger partial charge in [-0.2, -0.15) is 0 Å². The molecule has 4 heteroatoms. The van der Waals surface area contributed by atoms with Crippen LogP contribution >= 0.6 is 0 Å². The van der Waals surface area contributed by atoms with Crippen LogP contribution < -0.4 is 5.32 Å². The molecular weight excluding hydrogens is 258 g/mol. The van der Waals surface area contributed by atoms with Crippen molar-refractivity contribution >= 4 is 0 Å². The Bertz CT molecular complexity index is 408. The summed E-state index contributed by atoms with van der Waals surface area (Å²) in [4.78, 5) is 2.21. The standard InChI is InChI=1S/C16H24F2N2/c1-12(2)6-7-15(20-10-8-19-9-11-20)16-13(17)4-3-5-14(16)18/h3-5,12,15,19H,6-11H2,1-2H3/t15-/m1/s1. The van der Waals surface area contributed by atoms with Crippen LogP contribution in [-0.4, -0.2) is 31.1 Å². The van der Waals surface area contributed by atoms with Gasteiger partial charge in [-0.05, 0) is 30.9 Å². The van der Waals surface area contributed by atoms with E-state index in [4.69, 9.17) is 0 Å². The molecule has 2 nitrogen and oxygen atoms in total. The topological polar surface area (TPSA) is 15.3 Å². The summed E-state index contributed by atoms with van der Waals surface area (Å²) in [6, 6.07) is 4.01. The lowest BCUT2D eigenvalue weighted by Gasteiger charge is -2.36. The van der Waals surface area contributed by atoms with Crippen molar-refractivity contribution in [3.05, 3.63) is 35.4 Å². The zero-order valence-electron chi connectivity index (χ0n) is 12.3. The number of nitrogens with one attached hydrogen (secondary N) is 1. The second-order valence-electron chi connectivity index (χ2n) is 5.91. The highest BCUT2D eigenvalue weighted by Crippen LogP contribution is 2.31. The molecule has 0 saturated carbocycles. The first-order valence-corrected chi connectivity index (χ1v) is 7.48. The summed E-state index contributed by atoms with van der Waals surface area (Å²) in [5.41, 5.74) is 0.245. The van der Waals surface area contributed by atoms with Crippen LogP contribution in [0.25, 0.3) is 0 Å². The predicted octanol–water partition coefficient (Wildman–Crippen LogP) is 3.35. The van der Waals surface area contributed by atoms with Gasteiger partial charge in [0.2, 0.25) is 0 Å². The number of hydrogen-bond acceptors (Lipinski definition) is 2. The molecule has 1 aliphatic heterocycles. The van der Waals surface area contributed by atoms with Crippen molar-refractivity contribution in [3.63, 3.8) is 0 Å². The lowest BCUT2D eigenvalue weighted by molar-refractivity contribution is 0.153.